The Balaban J connectivity index is 2.10. The Labute approximate surface area is 76.8 Å². The maximum Gasteiger partial charge on any atom is 0.0816 e. The van der Waals surface area contributed by atoms with E-state index >= 15 is 0 Å². The van der Waals surface area contributed by atoms with Crippen molar-refractivity contribution in [3.63, 3.8) is 0 Å². The van der Waals surface area contributed by atoms with Gasteiger partial charge in [-0.3, -0.25) is 0 Å². The van der Waals surface area contributed by atoms with Crippen LogP contribution in [0.1, 0.15) is 5.56 Å². The molecule has 1 atom stereocenters. The molecule has 66 valence electrons. The molecule has 1 unspecified atom stereocenters. The van der Waals surface area contributed by atoms with Crippen LogP contribution in [-0.2, 0) is 0 Å². The Kier molecular flexibility index (Phi) is 1.34. The predicted molar refractivity (Wildman–Crippen MR) is 53.0 cm³/mol. The highest BCUT2D eigenvalue weighted by Crippen LogP contribution is 2.26. The standard InChI is InChI=1S/C10H11N3/c1-2-4-8-7(3-1)5-9-10(12-8)6-11-13-9/h1-5,10-13H,6H2. The summed E-state index contributed by atoms with van der Waals surface area (Å²) in [6.45, 7) is 0.945. The third kappa shape index (κ3) is 1.01. The van der Waals surface area contributed by atoms with Gasteiger partial charge in [-0.15, -0.1) is 0 Å². The summed E-state index contributed by atoms with van der Waals surface area (Å²) in [5.74, 6) is 0. The van der Waals surface area contributed by atoms with Crippen LogP contribution in [0.4, 0.5) is 5.69 Å². The first-order valence-corrected chi connectivity index (χ1v) is 4.49. The zero-order valence-corrected chi connectivity index (χ0v) is 7.17. The SMILES string of the molecule is C1=C2NNCC2Nc2ccccc21. The molecular formula is C10H11N3. The Bertz CT molecular complexity index is 370. The second-order valence-corrected chi connectivity index (χ2v) is 3.39. The average Bonchev–Trinajstić information content (AvgIpc) is 2.61. The van der Waals surface area contributed by atoms with Crippen LogP contribution in [0.5, 0.6) is 0 Å². The van der Waals surface area contributed by atoms with Crippen molar-refractivity contribution < 1.29 is 0 Å². The average molecular weight is 173 g/mol. The van der Waals surface area contributed by atoms with E-state index < -0.39 is 0 Å². The number of hydrogen-bond acceptors (Lipinski definition) is 3. The first-order chi connectivity index (χ1) is 6.43. The molecular weight excluding hydrogens is 162 g/mol. The third-order valence-electron chi connectivity index (χ3n) is 2.52. The van der Waals surface area contributed by atoms with Crippen molar-refractivity contribution >= 4 is 11.8 Å². The van der Waals surface area contributed by atoms with E-state index in [1.54, 1.807) is 0 Å². The number of benzene rings is 1. The van der Waals surface area contributed by atoms with Crippen LogP contribution in [0.2, 0.25) is 0 Å². The first-order valence-electron chi connectivity index (χ1n) is 4.49. The summed E-state index contributed by atoms with van der Waals surface area (Å²) in [6, 6.07) is 8.75. The van der Waals surface area contributed by atoms with Gasteiger partial charge < -0.3 is 10.7 Å². The van der Waals surface area contributed by atoms with Crippen LogP contribution in [0.3, 0.4) is 0 Å². The maximum absolute atomic E-state index is 3.47. The zero-order chi connectivity index (χ0) is 8.67. The van der Waals surface area contributed by atoms with Crippen LogP contribution in [0.25, 0.3) is 6.08 Å². The number of fused-ring (bicyclic) bond motifs is 2. The number of anilines is 1. The third-order valence-corrected chi connectivity index (χ3v) is 2.52. The van der Waals surface area contributed by atoms with E-state index in [0.717, 1.165) is 6.54 Å². The summed E-state index contributed by atoms with van der Waals surface area (Å²) < 4.78 is 0. The van der Waals surface area contributed by atoms with Gasteiger partial charge in [0.05, 0.1) is 11.7 Å². The summed E-state index contributed by atoms with van der Waals surface area (Å²) in [7, 11) is 0. The van der Waals surface area contributed by atoms with Gasteiger partial charge in [-0.2, -0.15) is 0 Å². The van der Waals surface area contributed by atoms with Gasteiger partial charge in [0.15, 0.2) is 0 Å². The van der Waals surface area contributed by atoms with Crippen LogP contribution in [0, 0.1) is 0 Å². The number of para-hydroxylation sites is 1. The molecule has 2 aliphatic heterocycles. The molecule has 0 aromatic heterocycles. The van der Waals surface area contributed by atoms with Gasteiger partial charge in [-0.1, -0.05) is 18.2 Å². The summed E-state index contributed by atoms with van der Waals surface area (Å²) in [5, 5.41) is 3.47. The predicted octanol–water partition coefficient (Wildman–Crippen LogP) is 0.929. The van der Waals surface area contributed by atoms with Crippen LogP contribution >= 0.6 is 0 Å². The molecule has 0 amide bonds. The van der Waals surface area contributed by atoms with Crippen LogP contribution in [-0.4, -0.2) is 12.6 Å². The van der Waals surface area contributed by atoms with Crippen molar-refractivity contribution in [2.24, 2.45) is 0 Å². The molecule has 1 aromatic rings. The number of rotatable bonds is 0. The van der Waals surface area contributed by atoms with Gasteiger partial charge in [-0.05, 0) is 17.7 Å². The van der Waals surface area contributed by atoms with E-state index in [0.29, 0.717) is 6.04 Å². The van der Waals surface area contributed by atoms with Crippen molar-refractivity contribution in [2.45, 2.75) is 6.04 Å². The van der Waals surface area contributed by atoms with Gasteiger partial charge >= 0.3 is 0 Å². The quantitative estimate of drug-likeness (QED) is 0.546. The largest absolute Gasteiger partial charge is 0.375 e. The van der Waals surface area contributed by atoms with Crippen LogP contribution < -0.4 is 16.2 Å². The Hall–Kier alpha value is -1.48. The fourth-order valence-corrected chi connectivity index (χ4v) is 1.83. The lowest BCUT2D eigenvalue weighted by molar-refractivity contribution is 0.717. The molecule has 0 spiro atoms. The second kappa shape index (κ2) is 2.50. The number of hydrazine groups is 1. The Morgan fingerprint density at radius 3 is 3.15 bits per heavy atom. The summed E-state index contributed by atoms with van der Waals surface area (Å²) in [4.78, 5) is 0. The summed E-state index contributed by atoms with van der Waals surface area (Å²) in [5.41, 5.74) is 9.98. The topological polar surface area (TPSA) is 36.1 Å². The molecule has 2 heterocycles. The molecule has 0 bridgehead atoms. The van der Waals surface area contributed by atoms with Crippen molar-refractivity contribution in [3.8, 4) is 0 Å². The molecule has 0 aliphatic carbocycles. The molecule has 13 heavy (non-hydrogen) atoms. The fraction of sp³-hybridized carbons (Fsp3) is 0.200. The second-order valence-electron chi connectivity index (χ2n) is 3.39. The highest BCUT2D eigenvalue weighted by Gasteiger charge is 2.24. The molecule has 3 rings (SSSR count). The van der Waals surface area contributed by atoms with Crippen molar-refractivity contribution in [3.05, 3.63) is 35.5 Å². The molecule has 1 fully saturated rings. The van der Waals surface area contributed by atoms with Crippen molar-refractivity contribution in [1.82, 2.24) is 10.9 Å². The normalized spacial score (nSPS) is 23.7. The minimum absolute atomic E-state index is 0.412. The number of hydrogen-bond donors (Lipinski definition) is 3. The molecule has 3 N–H and O–H groups in total. The van der Waals surface area contributed by atoms with E-state index in [-0.39, 0.29) is 0 Å². The lowest BCUT2D eigenvalue weighted by Crippen LogP contribution is -2.25. The van der Waals surface area contributed by atoms with E-state index in [1.807, 2.05) is 0 Å². The maximum atomic E-state index is 3.47. The smallest absolute Gasteiger partial charge is 0.0816 e. The lowest BCUT2D eigenvalue weighted by Gasteiger charge is -2.21. The minimum atomic E-state index is 0.412. The van der Waals surface area contributed by atoms with Gasteiger partial charge in [0.25, 0.3) is 0 Å². The molecule has 0 radical (unpaired) electrons. The highest BCUT2D eigenvalue weighted by molar-refractivity contribution is 5.73. The van der Waals surface area contributed by atoms with E-state index in [9.17, 15) is 0 Å². The summed E-state index contributed by atoms with van der Waals surface area (Å²) >= 11 is 0. The van der Waals surface area contributed by atoms with E-state index in [1.165, 1.54) is 16.9 Å². The lowest BCUT2D eigenvalue weighted by atomic mass is 10.0. The van der Waals surface area contributed by atoms with E-state index in [2.05, 4.69) is 46.5 Å². The van der Waals surface area contributed by atoms with E-state index in [4.69, 9.17) is 0 Å². The molecule has 2 aliphatic rings. The zero-order valence-electron chi connectivity index (χ0n) is 7.17. The van der Waals surface area contributed by atoms with Crippen LogP contribution in [0.15, 0.2) is 30.0 Å². The summed E-state index contributed by atoms with van der Waals surface area (Å²) in [6.07, 6.45) is 2.19. The van der Waals surface area contributed by atoms with Gasteiger partial charge in [-0.25, -0.2) is 5.43 Å². The highest BCUT2D eigenvalue weighted by atomic mass is 15.4. The van der Waals surface area contributed by atoms with Crippen molar-refractivity contribution in [2.75, 3.05) is 11.9 Å². The van der Waals surface area contributed by atoms with Gasteiger partial charge in [0, 0.05) is 12.2 Å². The molecule has 1 saturated heterocycles. The monoisotopic (exact) mass is 173 g/mol. The van der Waals surface area contributed by atoms with Crippen molar-refractivity contribution in [1.29, 1.82) is 0 Å². The number of nitrogens with one attached hydrogen (secondary N) is 3. The molecule has 1 aromatic carbocycles. The van der Waals surface area contributed by atoms with Gasteiger partial charge in [0.1, 0.15) is 0 Å². The minimum Gasteiger partial charge on any atom is -0.375 e. The fourth-order valence-electron chi connectivity index (χ4n) is 1.83. The molecule has 3 nitrogen and oxygen atoms in total. The first kappa shape index (κ1) is 6.97. The Morgan fingerprint density at radius 1 is 1.23 bits per heavy atom. The Morgan fingerprint density at radius 2 is 2.15 bits per heavy atom. The molecule has 0 saturated carbocycles. The van der Waals surface area contributed by atoms with Gasteiger partial charge in [0.2, 0.25) is 0 Å². The molecule has 3 heteroatoms.